The van der Waals surface area contributed by atoms with Crippen LogP contribution in [0.1, 0.15) is 11.1 Å². The topological polar surface area (TPSA) is 35.2 Å². The van der Waals surface area contributed by atoms with Crippen LogP contribution in [0.3, 0.4) is 0 Å². The summed E-state index contributed by atoms with van der Waals surface area (Å²) in [6.07, 6.45) is 0. The molecule has 0 heterocycles. The van der Waals surface area contributed by atoms with Gasteiger partial charge in [-0.1, -0.05) is 27.5 Å². The van der Waals surface area contributed by atoms with Gasteiger partial charge in [0.2, 0.25) is 0 Å². The molecule has 0 aliphatic rings. The Morgan fingerprint density at radius 2 is 2.00 bits per heavy atom. The summed E-state index contributed by atoms with van der Waals surface area (Å²) in [6.45, 7) is 2.43. The lowest BCUT2D eigenvalue weighted by molar-refractivity contribution is 0.306. The number of ether oxygens (including phenoxy) is 1. The van der Waals surface area contributed by atoms with Crippen molar-refractivity contribution in [1.29, 1.82) is 0 Å². The molecule has 0 saturated heterocycles. The van der Waals surface area contributed by atoms with Crippen LogP contribution in [-0.2, 0) is 6.61 Å². The number of benzene rings is 2. The Morgan fingerprint density at radius 1 is 1.22 bits per heavy atom. The first-order valence-electron chi connectivity index (χ1n) is 5.49. The molecule has 94 valence electrons. The molecule has 0 spiro atoms. The van der Waals surface area contributed by atoms with Gasteiger partial charge in [0.05, 0.1) is 0 Å². The maximum Gasteiger partial charge on any atom is 0.120 e. The fourth-order valence-corrected chi connectivity index (χ4v) is 1.99. The summed E-state index contributed by atoms with van der Waals surface area (Å²) in [5.74, 6) is 0.814. The summed E-state index contributed by atoms with van der Waals surface area (Å²) in [5.41, 5.74) is 8.42. The fourth-order valence-electron chi connectivity index (χ4n) is 1.57. The minimum absolute atomic E-state index is 0.408. The van der Waals surface area contributed by atoms with Crippen molar-refractivity contribution in [2.24, 2.45) is 0 Å². The first-order valence-corrected chi connectivity index (χ1v) is 6.66. The van der Waals surface area contributed by atoms with Crippen molar-refractivity contribution in [2.75, 3.05) is 5.73 Å². The molecule has 2 aromatic rings. The van der Waals surface area contributed by atoms with Crippen LogP contribution >= 0.6 is 27.5 Å². The molecule has 0 atom stereocenters. The summed E-state index contributed by atoms with van der Waals surface area (Å²) in [7, 11) is 0. The molecule has 0 radical (unpaired) electrons. The molecule has 0 unspecified atom stereocenters. The third-order valence-corrected chi connectivity index (χ3v) is 3.85. The summed E-state index contributed by atoms with van der Waals surface area (Å²) in [4.78, 5) is 0. The zero-order valence-electron chi connectivity index (χ0n) is 9.91. The average Bonchev–Trinajstić information content (AvgIpc) is 2.34. The van der Waals surface area contributed by atoms with E-state index in [-0.39, 0.29) is 0 Å². The van der Waals surface area contributed by atoms with E-state index in [2.05, 4.69) is 15.9 Å². The molecule has 4 heteroatoms. The summed E-state index contributed by atoms with van der Waals surface area (Å²) in [6, 6.07) is 11.2. The van der Waals surface area contributed by atoms with E-state index in [1.165, 1.54) is 0 Å². The van der Waals surface area contributed by atoms with Crippen LogP contribution in [0.5, 0.6) is 5.75 Å². The molecule has 18 heavy (non-hydrogen) atoms. The quantitative estimate of drug-likeness (QED) is 0.838. The van der Waals surface area contributed by atoms with E-state index in [1.54, 1.807) is 12.1 Å². The highest BCUT2D eigenvalue weighted by Crippen LogP contribution is 2.24. The molecule has 2 nitrogen and oxygen atoms in total. The molecule has 2 N–H and O–H groups in total. The molecule has 0 amide bonds. The van der Waals surface area contributed by atoms with Gasteiger partial charge in [-0.2, -0.15) is 0 Å². The van der Waals surface area contributed by atoms with Crippen LogP contribution in [0.25, 0.3) is 0 Å². The van der Waals surface area contributed by atoms with E-state index in [9.17, 15) is 0 Å². The second kappa shape index (κ2) is 5.63. The Labute approximate surface area is 120 Å². The SMILES string of the molecule is Cc1cc(OCc2cc(N)ccc2Cl)ccc1Br. The monoisotopic (exact) mass is 325 g/mol. The fraction of sp³-hybridized carbons (Fsp3) is 0.143. The lowest BCUT2D eigenvalue weighted by atomic mass is 10.2. The second-order valence-corrected chi connectivity index (χ2v) is 5.31. The van der Waals surface area contributed by atoms with Gasteiger partial charge < -0.3 is 10.5 Å². The van der Waals surface area contributed by atoms with Crippen LogP contribution < -0.4 is 10.5 Å². The van der Waals surface area contributed by atoms with Crippen LogP contribution in [0, 0.1) is 6.92 Å². The molecule has 0 bridgehead atoms. The highest BCUT2D eigenvalue weighted by molar-refractivity contribution is 9.10. The number of nitrogens with two attached hydrogens (primary N) is 1. The van der Waals surface area contributed by atoms with Gasteiger partial charge in [0.25, 0.3) is 0 Å². The number of hydrogen-bond donors (Lipinski definition) is 1. The molecular formula is C14H13BrClNO. The standard InChI is InChI=1S/C14H13BrClNO/c1-9-6-12(3-4-13(9)15)18-8-10-7-11(17)2-5-14(10)16/h2-7H,8,17H2,1H3. The maximum absolute atomic E-state index is 6.08. The number of anilines is 1. The van der Waals surface area contributed by atoms with Crippen molar-refractivity contribution in [2.45, 2.75) is 13.5 Å². The van der Waals surface area contributed by atoms with Gasteiger partial charge >= 0.3 is 0 Å². The minimum Gasteiger partial charge on any atom is -0.489 e. The minimum atomic E-state index is 0.408. The summed E-state index contributed by atoms with van der Waals surface area (Å²) in [5, 5.41) is 0.665. The number of aryl methyl sites for hydroxylation is 1. The van der Waals surface area contributed by atoms with Crippen molar-refractivity contribution in [3.8, 4) is 5.75 Å². The van der Waals surface area contributed by atoms with Crippen molar-refractivity contribution in [1.82, 2.24) is 0 Å². The Hall–Kier alpha value is -1.19. The Bertz CT molecular complexity index is 572. The molecule has 2 aromatic carbocycles. The normalized spacial score (nSPS) is 10.4. The van der Waals surface area contributed by atoms with E-state index in [1.807, 2.05) is 31.2 Å². The Kier molecular flexibility index (Phi) is 4.15. The summed E-state index contributed by atoms with van der Waals surface area (Å²) < 4.78 is 6.77. The van der Waals surface area contributed by atoms with Crippen LogP contribution in [0.4, 0.5) is 5.69 Å². The van der Waals surface area contributed by atoms with Gasteiger partial charge in [0.15, 0.2) is 0 Å². The highest BCUT2D eigenvalue weighted by atomic mass is 79.9. The predicted octanol–water partition coefficient (Wildman–Crippen LogP) is 4.57. The van der Waals surface area contributed by atoms with Gasteiger partial charge in [-0.05, 0) is 48.9 Å². The van der Waals surface area contributed by atoms with E-state index in [4.69, 9.17) is 22.1 Å². The largest absolute Gasteiger partial charge is 0.489 e. The maximum atomic E-state index is 6.08. The first kappa shape index (κ1) is 13.2. The molecule has 0 aliphatic carbocycles. The van der Waals surface area contributed by atoms with Crippen LogP contribution in [-0.4, -0.2) is 0 Å². The van der Waals surface area contributed by atoms with Crippen molar-refractivity contribution < 1.29 is 4.74 Å². The van der Waals surface area contributed by atoms with Gasteiger partial charge in [0, 0.05) is 20.7 Å². The molecule has 0 aliphatic heterocycles. The van der Waals surface area contributed by atoms with Gasteiger partial charge in [0.1, 0.15) is 12.4 Å². The molecule has 0 saturated carbocycles. The van der Waals surface area contributed by atoms with Crippen molar-refractivity contribution >= 4 is 33.2 Å². The third kappa shape index (κ3) is 3.18. The zero-order valence-corrected chi connectivity index (χ0v) is 12.3. The van der Waals surface area contributed by atoms with E-state index in [0.29, 0.717) is 17.3 Å². The van der Waals surface area contributed by atoms with Gasteiger partial charge in [-0.3, -0.25) is 0 Å². The lowest BCUT2D eigenvalue weighted by Crippen LogP contribution is -1.98. The number of hydrogen-bond acceptors (Lipinski definition) is 2. The van der Waals surface area contributed by atoms with Crippen molar-refractivity contribution in [3.05, 3.63) is 57.0 Å². The highest BCUT2D eigenvalue weighted by Gasteiger charge is 2.03. The van der Waals surface area contributed by atoms with Gasteiger partial charge in [-0.25, -0.2) is 0 Å². The second-order valence-electron chi connectivity index (χ2n) is 4.05. The number of nitrogen functional groups attached to an aromatic ring is 1. The predicted molar refractivity (Wildman–Crippen MR) is 79.1 cm³/mol. The lowest BCUT2D eigenvalue weighted by Gasteiger charge is -2.09. The number of halogens is 2. The van der Waals surface area contributed by atoms with Crippen LogP contribution in [0.15, 0.2) is 40.9 Å². The zero-order chi connectivity index (χ0) is 13.1. The molecule has 2 rings (SSSR count). The van der Waals surface area contributed by atoms with E-state index < -0.39 is 0 Å². The van der Waals surface area contributed by atoms with E-state index >= 15 is 0 Å². The Morgan fingerprint density at radius 3 is 2.72 bits per heavy atom. The third-order valence-electron chi connectivity index (χ3n) is 2.59. The van der Waals surface area contributed by atoms with Crippen molar-refractivity contribution in [3.63, 3.8) is 0 Å². The average molecular weight is 327 g/mol. The smallest absolute Gasteiger partial charge is 0.120 e. The molecule has 0 fully saturated rings. The van der Waals surface area contributed by atoms with E-state index in [0.717, 1.165) is 21.3 Å². The van der Waals surface area contributed by atoms with Gasteiger partial charge in [-0.15, -0.1) is 0 Å². The van der Waals surface area contributed by atoms with Crippen LogP contribution in [0.2, 0.25) is 5.02 Å². The summed E-state index contributed by atoms with van der Waals surface area (Å²) >= 11 is 9.53. The molecule has 0 aromatic heterocycles. The first-order chi connectivity index (χ1) is 8.56. The number of rotatable bonds is 3. The molecular weight excluding hydrogens is 314 g/mol. The Balaban J connectivity index is 2.11.